The van der Waals surface area contributed by atoms with E-state index >= 15 is 0 Å². The number of esters is 1. The molecule has 1 N–H and O–H groups in total. The van der Waals surface area contributed by atoms with Crippen LogP contribution in [0.3, 0.4) is 0 Å². The van der Waals surface area contributed by atoms with Crippen LogP contribution in [0, 0.1) is 0 Å². The molecule has 0 aliphatic heterocycles. The first kappa shape index (κ1) is 11.2. The number of carbonyl (C=O) groups is 2. The second-order valence-electron chi connectivity index (χ2n) is 2.84. The fraction of sp³-hybridized carbons (Fsp3) is 0.300. The Balaban J connectivity index is 2.64. The first-order chi connectivity index (χ1) is 7.13. The molecule has 80 valence electrons. The van der Waals surface area contributed by atoms with E-state index in [1.165, 1.54) is 12.3 Å². The lowest BCUT2D eigenvalue weighted by atomic mass is 10.2. The predicted molar refractivity (Wildman–Crippen MR) is 51.5 cm³/mol. The molecule has 0 atom stereocenters. The van der Waals surface area contributed by atoms with Crippen molar-refractivity contribution in [2.45, 2.75) is 13.3 Å². The molecule has 0 fully saturated rings. The highest BCUT2D eigenvalue weighted by atomic mass is 16.5. The van der Waals surface area contributed by atoms with Crippen LogP contribution in [0.5, 0.6) is 0 Å². The molecule has 1 aromatic rings. The lowest BCUT2D eigenvalue weighted by Gasteiger charge is -2.01. The molecule has 0 radical (unpaired) electrons. The molecule has 0 saturated carbocycles. The number of aromatic carboxylic acids is 1. The van der Waals surface area contributed by atoms with E-state index in [1.54, 1.807) is 13.0 Å². The van der Waals surface area contributed by atoms with Crippen LogP contribution in [0.25, 0.3) is 0 Å². The van der Waals surface area contributed by atoms with Gasteiger partial charge in [0.05, 0.1) is 13.0 Å². The zero-order chi connectivity index (χ0) is 11.3. The Morgan fingerprint density at radius 1 is 1.47 bits per heavy atom. The number of ether oxygens (including phenoxy) is 1. The normalized spacial score (nSPS) is 9.67. The van der Waals surface area contributed by atoms with E-state index in [9.17, 15) is 9.59 Å². The monoisotopic (exact) mass is 209 g/mol. The number of carbonyl (C=O) groups excluding carboxylic acids is 1. The SMILES string of the molecule is CCOC(=O)Cc1ccc(C(=O)O)nc1. The summed E-state index contributed by atoms with van der Waals surface area (Å²) < 4.78 is 4.74. The van der Waals surface area contributed by atoms with Gasteiger partial charge in [0.25, 0.3) is 0 Å². The predicted octanol–water partition coefficient (Wildman–Crippen LogP) is 0.885. The molecule has 0 aliphatic carbocycles. The van der Waals surface area contributed by atoms with E-state index in [0.29, 0.717) is 12.2 Å². The number of aromatic nitrogens is 1. The molecule has 0 bridgehead atoms. The van der Waals surface area contributed by atoms with Crippen LogP contribution in [0.4, 0.5) is 0 Å². The highest BCUT2D eigenvalue weighted by molar-refractivity contribution is 5.85. The number of carboxylic acids is 1. The highest BCUT2D eigenvalue weighted by Gasteiger charge is 2.06. The average molecular weight is 209 g/mol. The smallest absolute Gasteiger partial charge is 0.354 e. The molecule has 1 heterocycles. The summed E-state index contributed by atoms with van der Waals surface area (Å²) in [4.78, 5) is 25.2. The van der Waals surface area contributed by atoms with Gasteiger partial charge in [-0.15, -0.1) is 0 Å². The third kappa shape index (κ3) is 3.38. The minimum Gasteiger partial charge on any atom is -0.477 e. The molecule has 0 spiro atoms. The molecule has 0 amide bonds. The number of nitrogens with zero attached hydrogens (tertiary/aromatic N) is 1. The molecule has 1 aromatic heterocycles. The van der Waals surface area contributed by atoms with Crippen molar-refractivity contribution in [2.75, 3.05) is 6.61 Å². The van der Waals surface area contributed by atoms with E-state index in [2.05, 4.69) is 4.98 Å². The van der Waals surface area contributed by atoms with Gasteiger partial charge in [0, 0.05) is 6.20 Å². The van der Waals surface area contributed by atoms with Crippen molar-refractivity contribution in [3.8, 4) is 0 Å². The Morgan fingerprint density at radius 2 is 2.20 bits per heavy atom. The minimum atomic E-state index is -1.09. The molecule has 5 nitrogen and oxygen atoms in total. The van der Waals surface area contributed by atoms with Crippen molar-refractivity contribution in [2.24, 2.45) is 0 Å². The maximum Gasteiger partial charge on any atom is 0.354 e. The summed E-state index contributed by atoms with van der Waals surface area (Å²) in [5.74, 6) is -1.43. The lowest BCUT2D eigenvalue weighted by molar-refractivity contribution is -0.142. The average Bonchev–Trinajstić information content (AvgIpc) is 2.18. The fourth-order valence-corrected chi connectivity index (χ4v) is 1.03. The molecule has 15 heavy (non-hydrogen) atoms. The zero-order valence-corrected chi connectivity index (χ0v) is 8.27. The maximum atomic E-state index is 11.1. The number of pyridine rings is 1. The number of hydrogen-bond acceptors (Lipinski definition) is 4. The summed E-state index contributed by atoms with van der Waals surface area (Å²) >= 11 is 0. The molecule has 0 unspecified atom stereocenters. The first-order valence-corrected chi connectivity index (χ1v) is 4.47. The summed E-state index contributed by atoms with van der Waals surface area (Å²) in [6, 6.07) is 2.91. The molecule has 1 rings (SSSR count). The Morgan fingerprint density at radius 3 is 2.67 bits per heavy atom. The van der Waals surface area contributed by atoms with Gasteiger partial charge < -0.3 is 9.84 Å². The van der Waals surface area contributed by atoms with Gasteiger partial charge in [0.2, 0.25) is 0 Å². The Labute approximate surface area is 86.7 Å². The Hall–Kier alpha value is -1.91. The van der Waals surface area contributed by atoms with E-state index in [-0.39, 0.29) is 18.1 Å². The number of carboxylic acid groups (broad SMARTS) is 1. The van der Waals surface area contributed by atoms with Gasteiger partial charge in [-0.25, -0.2) is 9.78 Å². The quantitative estimate of drug-likeness (QED) is 0.745. The standard InChI is InChI=1S/C10H11NO4/c1-2-15-9(12)5-7-3-4-8(10(13)14)11-6-7/h3-4,6H,2,5H2,1H3,(H,13,14). The van der Waals surface area contributed by atoms with Crippen molar-refractivity contribution in [3.63, 3.8) is 0 Å². The topological polar surface area (TPSA) is 76.5 Å². The summed E-state index contributed by atoms with van der Waals surface area (Å²) in [5, 5.41) is 8.59. The van der Waals surface area contributed by atoms with Gasteiger partial charge in [0.1, 0.15) is 5.69 Å². The van der Waals surface area contributed by atoms with E-state index in [1.807, 2.05) is 0 Å². The van der Waals surface area contributed by atoms with Gasteiger partial charge in [-0.2, -0.15) is 0 Å². The van der Waals surface area contributed by atoms with Crippen LogP contribution in [0.2, 0.25) is 0 Å². The van der Waals surface area contributed by atoms with Gasteiger partial charge in [0.15, 0.2) is 0 Å². The summed E-state index contributed by atoms with van der Waals surface area (Å²) in [5.41, 5.74) is 0.598. The van der Waals surface area contributed by atoms with E-state index in [0.717, 1.165) is 0 Å². The zero-order valence-electron chi connectivity index (χ0n) is 8.27. The van der Waals surface area contributed by atoms with Gasteiger partial charge in [-0.05, 0) is 18.6 Å². The van der Waals surface area contributed by atoms with Crippen molar-refractivity contribution in [1.29, 1.82) is 0 Å². The molecule has 0 saturated heterocycles. The van der Waals surface area contributed by atoms with Crippen LogP contribution >= 0.6 is 0 Å². The Kier molecular flexibility index (Phi) is 3.79. The van der Waals surface area contributed by atoms with E-state index < -0.39 is 5.97 Å². The first-order valence-electron chi connectivity index (χ1n) is 4.47. The second kappa shape index (κ2) is 5.09. The fourth-order valence-electron chi connectivity index (χ4n) is 1.03. The number of rotatable bonds is 4. The summed E-state index contributed by atoms with van der Waals surface area (Å²) in [6.07, 6.45) is 1.47. The van der Waals surface area contributed by atoms with Crippen molar-refractivity contribution in [3.05, 3.63) is 29.6 Å². The van der Waals surface area contributed by atoms with Crippen LogP contribution in [0.15, 0.2) is 18.3 Å². The maximum absolute atomic E-state index is 11.1. The lowest BCUT2D eigenvalue weighted by Crippen LogP contribution is -2.08. The van der Waals surface area contributed by atoms with Crippen LogP contribution < -0.4 is 0 Å². The van der Waals surface area contributed by atoms with Crippen molar-refractivity contribution < 1.29 is 19.4 Å². The van der Waals surface area contributed by atoms with Gasteiger partial charge >= 0.3 is 11.9 Å². The summed E-state index contributed by atoms with van der Waals surface area (Å²) in [7, 11) is 0. The number of hydrogen-bond donors (Lipinski definition) is 1. The molecular formula is C10H11NO4. The third-order valence-corrected chi connectivity index (χ3v) is 1.70. The third-order valence-electron chi connectivity index (χ3n) is 1.70. The van der Waals surface area contributed by atoms with Gasteiger partial charge in [-0.3, -0.25) is 4.79 Å². The highest BCUT2D eigenvalue weighted by Crippen LogP contribution is 2.02. The second-order valence-corrected chi connectivity index (χ2v) is 2.84. The van der Waals surface area contributed by atoms with Crippen LogP contribution in [0.1, 0.15) is 23.0 Å². The largest absolute Gasteiger partial charge is 0.477 e. The van der Waals surface area contributed by atoms with Crippen LogP contribution in [-0.2, 0) is 16.0 Å². The molecular weight excluding hydrogens is 198 g/mol. The summed E-state index contributed by atoms with van der Waals surface area (Å²) in [6.45, 7) is 2.06. The van der Waals surface area contributed by atoms with Crippen molar-refractivity contribution in [1.82, 2.24) is 4.98 Å². The molecule has 0 aliphatic rings. The Bertz CT molecular complexity index is 358. The van der Waals surface area contributed by atoms with E-state index in [4.69, 9.17) is 9.84 Å². The van der Waals surface area contributed by atoms with Crippen LogP contribution in [-0.4, -0.2) is 28.6 Å². The van der Waals surface area contributed by atoms with Gasteiger partial charge in [-0.1, -0.05) is 6.07 Å². The minimum absolute atomic E-state index is 0.0393. The van der Waals surface area contributed by atoms with Crippen molar-refractivity contribution >= 4 is 11.9 Å². The molecule has 5 heteroatoms. The molecule has 0 aromatic carbocycles.